The number of aliphatic carboxylic acids is 1. The van der Waals surface area contributed by atoms with Crippen molar-refractivity contribution < 1.29 is 14.7 Å². The average Bonchev–Trinajstić information content (AvgIpc) is 2.46. The average molecular weight is 295 g/mol. The van der Waals surface area contributed by atoms with Gasteiger partial charge in [0.15, 0.2) is 0 Å². The van der Waals surface area contributed by atoms with Crippen molar-refractivity contribution in [3.8, 4) is 0 Å². The summed E-state index contributed by atoms with van der Waals surface area (Å²) in [4.78, 5) is 20.3. The third-order valence-corrected chi connectivity index (χ3v) is 3.61. The van der Waals surface area contributed by atoms with Gasteiger partial charge in [-0.05, 0) is 44.9 Å². The minimum Gasteiger partial charge on any atom is -0.550 e. The number of carboxylic acid groups (broad SMARTS) is 1. The second kappa shape index (κ2) is 16.9. The first kappa shape index (κ1) is 19.9. The lowest BCUT2D eigenvalue weighted by molar-refractivity contribution is -0.305. The lowest BCUT2D eigenvalue weighted by Gasteiger charge is -2.01. The van der Waals surface area contributed by atoms with Crippen LogP contribution >= 0.6 is 0 Å². The van der Waals surface area contributed by atoms with Crippen LogP contribution in [-0.4, -0.2) is 12.3 Å². The molecule has 0 rings (SSSR count). The first-order valence-corrected chi connectivity index (χ1v) is 8.56. The number of rotatable bonds is 16. The highest BCUT2D eigenvalue weighted by atomic mass is 16.4. The predicted octanol–water partition coefficient (Wildman–Crippen LogP) is 3.95. The van der Waals surface area contributed by atoms with E-state index in [4.69, 9.17) is 0 Å². The van der Waals surface area contributed by atoms with Crippen LogP contribution < -0.4 is 5.11 Å². The van der Waals surface area contributed by atoms with Gasteiger partial charge in [0.25, 0.3) is 0 Å². The largest absolute Gasteiger partial charge is 0.550 e. The van der Waals surface area contributed by atoms with E-state index in [1.807, 2.05) is 0 Å². The fraction of sp³-hybridized carbons (Fsp3) is 0.778. The Balaban J connectivity index is 3.08. The first-order chi connectivity index (χ1) is 10.3. The molecule has 0 spiro atoms. The number of hydrogen-bond acceptors (Lipinski definition) is 3. The molecule has 0 aromatic carbocycles. The van der Waals surface area contributed by atoms with Crippen LogP contribution in [0.2, 0.25) is 0 Å². The molecule has 0 saturated carbocycles. The summed E-state index contributed by atoms with van der Waals surface area (Å²) in [6, 6.07) is 0. The zero-order valence-corrected chi connectivity index (χ0v) is 13.4. The fourth-order valence-electron chi connectivity index (χ4n) is 2.32. The molecule has 122 valence electrons. The predicted molar refractivity (Wildman–Crippen MR) is 84.8 cm³/mol. The van der Waals surface area contributed by atoms with Gasteiger partial charge in [0, 0.05) is 12.4 Å². The van der Waals surface area contributed by atoms with Crippen LogP contribution in [0.4, 0.5) is 0 Å². The molecule has 0 amide bonds. The fourth-order valence-corrected chi connectivity index (χ4v) is 2.32. The maximum atomic E-state index is 10.2. The lowest BCUT2D eigenvalue weighted by atomic mass is 10.1. The molecule has 0 fully saturated rings. The molecule has 0 aromatic heterocycles. The Labute approximate surface area is 129 Å². The summed E-state index contributed by atoms with van der Waals surface area (Å²) in [7, 11) is 0. The molecule has 0 saturated heterocycles. The Morgan fingerprint density at radius 1 is 0.667 bits per heavy atom. The molecular weight excluding hydrogens is 264 g/mol. The molecule has 0 aliphatic heterocycles. The molecule has 3 heteroatoms. The molecule has 0 radical (unpaired) electrons. The van der Waals surface area contributed by atoms with Gasteiger partial charge in [-0.2, -0.15) is 0 Å². The Kier molecular flexibility index (Phi) is 16.0. The van der Waals surface area contributed by atoms with Crippen molar-refractivity contribution >= 4 is 12.3 Å². The van der Waals surface area contributed by atoms with Crippen molar-refractivity contribution in [3.63, 3.8) is 0 Å². The highest BCUT2D eigenvalue weighted by Crippen LogP contribution is 2.09. The Hall–Kier alpha value is -1.12. The molecule has 0 unspecified atom stereocenters. The molecule has 0 aromatic rings. The van der Waals surface area contributed by atoms with E-state index in [1.54, 1.807) is 0 Å². The summed E-state index contributed by atoms with van der Waals surface area (Å²) in [6.45, 7) is 0. The van der Waals surface area contributed by atoms with Crippen LogP contribution in [0.15, 0.2) is 12.2 Å². The third-order valence-electron chi connectivity index (χ3n) is 3.61. The van der Waals surface area contributed by atoms with Crippen LogP contribution in [0.25, 0.3) is 0 Å². The van der Waals surface area contributed by atoms with Gasteiger partial charge in [0.05, 0.1) is 0 Å². The van der Waals surface area contributed by atoms with Crippen molar-refractivity contribution in [2.75, 3.05) is 0 Å². The quantitative estimate of drug-likeness (QED) is 0.246. The Morgan fingerprint density at radius 2 is 1.10 bits per heavy atom. The van der Waals surface area contributed by atoms with Gasteiger partial charge < -0.3 is 14.7 Å². The van der Waals surface area contributed by atoms with E-state index < -0.39 is 5.97 Å². The van der Waals surface area contributed by atoms with E-state index in [1.165, 1.54) is 44.9 Å². The second-order valence-corrected chi connectivity index (χ2v) is 5.66. The number of hydrogen-bond donors (Lipinski definition) is 0. The smallest absolute Gasteiger partial charge is 0.119 e. The van der Waals surface area contributed by atoms with Crippen molar-refractivity contribution in [1.29, 1.82) is 0 Å². The summed E-state index contributed by atoms with van der Waals surface area (Å²) in [6.07, 6.45) is 20.0. The van der Waals surface area contributed by atoms with E-state index in [-0.39, 0.29) is 6.42 Å². The van der Waals surface area contributed by atoms with Gasteiger partial charge in [-0.15, -0.1) is 0 Å². The summed E-state index contributed by atoms with van der Waals surface area (Å²) < 4.78 is 0. The molecule has 0 bridgehead atoms. The van der Waals surface area contributed by atoms with Gasteiger partial charge in [0.1, 0.15) is 6.29 Å². The van der Waals surface area contributed by atoms with Crippen LogP contribution in [0.3, 0.4) is 0 Å². The summed E-state index contributed by atoms with van der Waals surface area (Å²) in [5.74, 6) is -0.929. The topological polar surface area (TPSA) is 57.2 Å². The molecule has 0 N–H and O–H groups in total. The summed E-state index contributed by atoms with van der Waals surface area (Å²) in [5, 5.41) is 10.2. The van der Waals surface area contributed by atoms with Crippen LogP contribution in [0.5, 0.6) is 0 Å². The highest BCUT2D eigenvalue weighted by Gasteiger charge is 1.91. The summed E-state index contributed by atoms with van der Waals surface area (Å²) in [5.41, 5.74) is 0. The van der Waals surface area contributed by atoms with Gasteiger partial charge in [-0.25, -0.2) is 0 Å². The maximum absolute atomic E-state index is 10.2. The second-order valence-electron chi connectivity index (χ2n) is 5.66. The zero-order valence-electron chi connectivity index (χ0n) is 13.4. The highest BCUT2D eigenvalue weighted by molar-refractivity contribution is 5.64. The van der Waals surface area contributed by atoms with Crippen LogP contribution in [0, 0.1) is 0 Å². The van der Waals surface area contributed by atoms with Gasteiger partial charge in [-0.1, -0.05) is 50.7 Å². The van der Waals surface area contributed by atoms with Crippen molar-refractivity contribution in [3.05, 3.63) is 12.2 Å². The van der Waals surface area contributed by atoms with Gasteiger partial charge in [0.2, 0.25) is 0 Å². The summed E-state index contributed by atoms with van der Waals surface area (Å²) >= 11 is 0. The van der Waals surface area contributed by atoms with Crippen molar-refractivity contribution in [1.82, 2.24) is 0 Å². The molecule has 0 atom stereocenters. The van der Waals surface area contributed by atoms with Crippen molar-refractivity contribution in [2.45, 2.75) is 89.9 Å². The van der Waals surface area contributed by atoms with Gasteiger partial charge in [-0.3, -0.25) is 0 Å². The van der Waals surface area contributed by atoms with Crippen LogP contribution in [-0.2, 0) is 9.59 Å². The van der Waals surface area contributed by atoms with E-state index >= 15 is 0 Å². The lowest BCUT2D eigenvalue weighted by Crippen LogP contribution is -2.21. The molecule has 0 aliphatic rings. The Bertz CT molecular complexity index is 272. The number of allylic oxidation sites excluding steroid dienone is 2. The van der Waals surface area contributed by atoms with E-state index in [2.05, 4.69) is 12.2 Å². The van der Waals surface area contributed by atoms with Crippen molar-refractivity contribution in [2.24, 2.45) is 0 Å². The number of carboxylic acids is 1. The monoisotopic (exact) mass is 295 g/mol. The minimum atomic E-state index is -0.929. The maximum Gasteiger partial charge on any atom is 0.119 e. The number of carbonyl (C=O) groups is 2. The third kappa shape index (κ3) is 18.9. The molecule has 0 aliphatic carbocycles. The minimum absolute atomic E-state index is 0.203. The van der Waals surface area contributed by atoms with E-state index in [0.29, 0.717) is 6.42 Å². The van der Waals surface area contributed by atoms with Crippen LogP contribution in [0.1, 0.15) is 89.9 Å². The SMILES string of the molecule is O=CCCCCCCC/C=C\CCCCCCCC(=O)[O-]. The molecule has 3 nitrogen and oxygen atoms in total. The van der Waals surface area contributed by atoms with Gasteiger partial charge >= 0.3 is 0 Å². The number of unbranched alkanes of at least 4 members (excludes halogenated alkanes) is 11. The Morgan fingerprint density at radius 3 is 1.57 bits per heavy atom. The molecule has 0 heterocycles. The normalized spacial score (nSPS) is 11.0. The van der Waals surface area contributed by atoms with E-state index in [9.17, 15) is 14.7 Å². The van der Waals surface area contributed by atoms with E-state index in [0.717, 1.165) is 38.4 Å². The standard InChI is InChI=1S/C18H32O3/c19-17-15-13-11-9-7-5-3-1-2-4-6-8-10-12-14-16-18(20)21/h1-2,17H,3-16H2,(H,20,21)/p-1/b2-1-. The number of carbonyl (C=O) groups excluding carboxylic acids is 2. The molecule has 21 heavy (non-hydrogen) atoms. The first-order valence-electron chi connectivity index (χ1n) is 8.56. The zero-order chi connectivity index (χ0) is 15.6. The number of aldehydes is 1. The molecular formula is C18H31O3-.